The van der Waals surface area contributed by atoms with Crippen molar-refractivity contribution >= 4 is 28.6 Å². The number of nitrogens with zero attached hydrogens (tertiary/aromatic N) is 2. The molecule has 1 amide bonds. The zero-order valence-electron chi connectivity index (χ0n) is 13.7. The van der Waals surface area contributed by atoms with Crippen molar-refractivity contribution < 1.29 is 9.53 Å². The minimum atomic E-state index is 0.0249. The number of aromatic nitrogens is 2. The van der Waals surface area contributed by atoms with Crippen LogP contribution in [0.2, 0.25) is 0 Å². The minimum absolute atomic E-state index is 0.0249. The van der Waals surface area contributed by atoms with Gasteiger partial charge in [0.15, 0.2) is 0 Å². The van der Waals surface area contributed by atoms with Crippen molar-refractivity contribution in [3.63, 3.8) is 0 Å². The van der Waals surface area contributed by atoms with E-state index in [0.717, 1.165) is 28.8 Å². The van der Waals surface area contributed by atoms with Crippen molar-refractivity contribution in [1.82, 2.24) is 14.9 Å². The number of amides is 1. The summed E-state index contributed by atoms with van der Waals surface area (Å²) in [5.41, 5.74) is 1.10. The summed E-state index contributed by atoms with van der Waals surface area (Å²) in [7, 11) is 0. The van der Waals surface area contributed by atoms with E-state index in [9.17, 15) is 4.79 Å². The van der Waals surface area contributed by atoms with Crippen LogP contribution in [0.15, 0.2) is 59.8 Å². The van der Waals surface area contributed by atoms with Gasteiger partial charge in [-0.15, -0.1) is 11.8 Å². The lowest BCUT2D eigenvalue weighted by Crippen LogP contribution is -2.32. The lowest BCUT2D eigenvalue weighted by Gasteiger charge is -2.16. The number of thioether (sulfide) groups is 1. The van der Waals surface area contributed by atoms with Crippen molar-refractivity contribution in [3.8, 4) is 5.88 Å². The Balaban J connectivity index is 1.31. The molecule has 1 saturated heterocycles. The van der Waals surface area contributed by atoms with Crippen molar-refractivity contribution in [2.45, 2.75) is 17.4 Å². The van der Waals surface area contributed by atoms with Crippen LogP contribution in [0.3, 0.4) is 0 Å². The summed E-state index contributed by atoms with van der Waals surface area (Å²) >= 11 is 1.58. The van der Waals surface area contributed by atoms with Gasteiger partial charge in [-0.1, -0.05) is 24.3 Å². The van der Waals surface area contributed by atoms with Gasteiger partial charge in [-0.05, 0) is 12.1 Å². The average Bonchev–Trinajstić information content (AvgIpc) is 3.28. The molecule has 5 nitrogen and oxygen atoms in total. The third kappa shape index (κ3) is 3.64. The zero-order chi connectivity index (χ0) is 17.1. The molecule has 4 rings (SSSR count). The van der Waals surface area contributed by atoms with Gasteiger partial charge in [-0.3, -0.25) is 4.79 Å². The molecule has 0 bridgehead atoms. The molecular weight excluding hydrogens is 334 g/mol. The van der Waals surface area contributed by atoms with Crippen molar-refractivity contribution in [2.75, 3.05) is 18.8 Å². The number of hydrogen-bond acceptors (Lipinski definition) is 4. The Bertz CT molecular complexity index is 865. The highest BCUT2D eigenvalue weighted by Gasteiger charge is 2.27. The van der Waals surface area contributed by atoms with Gasteiger partial charge in [0.25, 0.3) is 0 Å². The quantitative estimate of drug-likeness (QED) is 0.715. The number of nitrogens with one attached hydrogen (secondary N) is 1. The van der Waals surface area contributed by atoms with E-state index in [1.807, 2.05) is 47.5 Å². The fourth-order valence-electron chi connectivity index (χ4n) is 3.03. The molecule has 3 aromatic rings. The van der Waals surface area contributed by atoms with Gasteiger partial charge < -0.3 is 14.6 Å². The van der Waals surface area contributed by atoms with Crippen LogP contribution in [0.25, 0.3) is 10.9 Å². The smallest absolute Gasteiger partial charge is 0.233 e. The molecule has 2 aromatic heterocycles. The third-order valence-electron chi connectivity index (χ3n) is 4.33. The number of hydrogen-bond donors (Lipinski definition) is 1. The molecular formula is C19H19N3O2S. The van der Waals surface area contributed by atoms with Gasteiger partial charge in [0, 0.05) is 47.2 Å². The molecule has 1 aliphatic rings. The maximum absolute atomic E-state index is 12.5. The predicted molar refractivity (Wildman–Crippen MR) is 98.9 cm³/mol. The Morgan fingerprint density at radius 3 is 3.04 bits per heavy atom. The number of aromatic amines is 1. The van der Waals surface area contributed by atoms with Crippen molar-refractivity contribution in [2.24, 2.45) is 0 Å². The molecule has 0 spiro atoms. The van der Waals surface area contributed by atoms with Crippen LogP contribution in [0.5, 0.6) is 5.88 Å². The van der Waals surface area contributed by atoms with Crippen LogP contribution in [-0.4, -0.2) is 45.7 Å². The Kier molecular flexibility index (Phi) is 4.61. The molecule has 1 N–H and O–H groups in total. The van der Waals surface area contributed by atoms with E-state index in [2.05, 4.69) is 16.0 Å². The number of carbonyl (C=O) groups excluding carboxylic acids is 1. The number of pyridine rings is 1. The molecule has 3 heterocycles. The summed E-state index contributed by atoms with van der Waals surface area (Å²) in [6, 6.07) is 13.7. The topological polar surface area (TPSA) is 58.2 Å². The molecule has 0 saturated carbocycles. The van der Waals surface area contributed by atoms with E-state index in [0.29, 0.717) is 18.2 Å². The molecule has 6 heteroatoms. The number of para-hydroxylation sites is 1. The summed E-state index contributed by atoms with van der Waals surface area (Å²) in [6.45, 7) is 1.37. The van der Waals surface area contributed by atoms with Crippen LogP contribution < -0.4 is 4.74 Å². The first kappa shape index (κ1) is 16.0. The second kappa shape index (κ2) is 7.19. The summed E-state index contributed by atoms with van der Waals surface area (Å²) in [4.78, 5) is 22.9. The van der Waals surface area contributed by atoms with Gasteiger partial charge in [-0.2, -0.15) is 0 Å². The Hall–Kier alpha value is -2.47. The maximum atomic E-state index is 12.5. The van der Waals surface area contributed by atoms with Gasteiger partial charge >= 0.3 is 0 Å². The van der Waals surface area contributed by atoms with Gasteiger partial charge in [-0.25, -0.2) is 4.98 Å². The van der Waals surface area contributed by atoms with E-state index in [-0.39, 0.29) is 12.0 Å². The van der Waals surface area contributed by atoms with Gasteiger partial charge in [0.1, 0.15) is 6.10 Å². The molecule has 0 aliphatic carbocycles. The van der Waals surface area contributed by atoms with Crippen molar-refractivity contribution in [1.29, 1.82) is 0 Å². The van der Waals surface area contributed by atoms with Crippen LogP contribution >= 0.6 is 11.8 Å². The number of carbonyl (C=O) groups is 1. The van der Waals surface area contributed by atoms with Crippen LogP contribution in [0, 0.1) is 0 Å². The highest BCUT2D eigenvalue weighted by molar-refractivity contribution is 8.00. The number of likely N-dealkylation sites (tertiary alicyclic amines) is 1. The van der Waals surface area contributed by atoms with Crippen molar-refractivity contribution in [3.05, 3.63) is 54.9 Å². The molecule has 128 valence electrons. The minimum Gasteiger partial charge on any atom is -0.472 e. The second-order valence-corrected chi connectivity index (χ2v) is 7.04. The van der Waals surface area contributed by atoms with Crippen LogP contribution in [0.4, 0.5) is 0 Å². The monoisotopic (exact) mass is 353 g/mol. The number of H-pyrrole nitrogens is 1. The predicted octanol–water partition coefficient (Wildman–Crippen LogP) is 3.33. The number of rotatable bonds is 5. The number of benzene rings is 1. The van der Waals surface area contributed by atoms with E-state index < -0.39 is 0 Å². The summed E-state index contributed by atoms with van der Waals surface area (Å²) in [5, 5.41) is 1.16. The Morgan fingerprint density at radius 1 is 1.28 bits per heavy atom. The first-order valence-corrected chi connectivity index (χ1v) is 9.32. The summed E-state index contributed by atoms with van der Waals surface area (Å²) < 4.78 is 5.85. The lowest BCUT2D eigenvalue weighted by atomic mass is 10.2. The zero-order valence-corrected chi connectivity index (χ0v) is 14.5. The number of fused-ring (bicyclic) bond motifs is 1. The Labute approximate surface area is 150 Å². The van der Waals surface area contributed by atoms with E-state index in [1.54, 1.807) is 18.0 Å². The van der Waals surface area contributed by atoms with Gasteiger partial charge in [0.2, 0.25) is 11.8 Å². The third-order valence-corrected chi connectivity index (χ3v) is 5.37. The van der Waals surface area contributed by atoms with Gasteiger partial charge in [0.05, 0.1) is 12.3 Å². The van der Waals surface area contributed by atoms with E-state index in [4.69, 9.17) is 4.74 Å². The van der Waals surface area contributed by atoms with E-state index >= 15 is 0 Å². The number of ether oxygens (including phenoxy) is 1. The largest absolute Gasteiger partial charge is 0.472 e. The molecule has 1 atom stereocenters. The first-order valence-electron chi connectivity index (χ1n) is 8.34. The molecule has 1 aliphatic heterocycles. The fourth-order valence-corrected chi connectivity index (χ4v) is 3.97. The van der Waals surface area contributed by atoms with E-state index in [1.165, 1.54) is 0 Å². The highest BCUT2D eigenvalue weighted by Crippen LogP contribution is 2.28. The summed E-state index contributed by atoms with van der Waals surface area (Å²) in [5.74, 6) is 1.22. The normalized spacial score (nSPS) is 17.1. The molecule has 0 radical (unpaired) electrons. The Morgan fingerprint density at radius 2 is 2.16 bits per heavy atom. The first-order chi connectivity index (χ1) is 12.3. The fraction of sp³-hybridized carbons (Fsp3) is 0.263. The SMILES string of the molecule is O=C(CSc1c[nH]c2ccccc12)N1CC[C@@H](Oc2ccccn2)C1. The molecule has 1 aromatic carbocycles. The standard InChI is InChI=1S/C19H19N3O2S/c23-19(13-25-17-11-21-16-6-2-1-5-15(16)17)22-10-8-14(12-22)24-18-7-3-4-9-20-18/h1-7,9,11,14,21H,8,10,12-13H2/t14-/m1/s1. The average molecular weight is 353 g/mol. The second-order valence-electron chi connectivity index (χ2n) is 6.02. The maximum Gasteiger partial charge on any atom is 0.233 e. The van der Waals surface area contributed by atoms with Crippen LogP contribution in [-0.2, 0) is 4.79 Å². The molecule has 25 heavy (non-hydrogen) atoms. The highest BCUT2D eigenvalue weighted by atomic mass is 32.2. The molecule has 0 unspecified atom stereocenters. The lowest BCUT2D eigenvalue weighted by molar-refractivity contribution is -0.127. The molecule has 1 fully saturated rings. The van der Waals surface area contributed by atoms with Crippen LogP contribution in [0.1, 0.15) is 6.42 Å². The summed E-state index contributed by atoms with van der Waals surface area (Å²) in [6.07, 6.45) is 4.56.